The van der Waals surface area contributed by atoms with Crippen LogP contribution in [0.15, 0.2) is 36.9 Å². The van der Waals surface area contributed by atoms with Crippen molar-refractivity contribution >= 4 is 0 Å². The fourth-order valence-electron chi connectivity index (χ4n) is 1.33. The van der Waals surface area contributed by atoms with Crippen LogP contribution in [-0.2, 0) is 11.2 Å². The zero-order valence-electron chi connectivity index (χ0n) is 9.24. The molecule has 0 saturated carbocycles. The molecule has 0 heterocycles. The molecule has 2 heteroatoms. The number of methoxy groups -OCH3 is 1. The fourth-order valence-corrected chi connectivity index (χ4v) is 1.33. The van der Waals surface area contributed by atoms with Gasteiger partial charge in [0.2, 0.25) is 0 Å². The van der Waals surface area contributed by atoms with Crippen LogP contribution in [0.3, 0.4) is 0 Å². The highest BCUT2D eigenvalue weighted by Crippen LogP contribution is 2.13. The SMILES string of the molecule is C=CCOc1ccc(CCCOC)cc1. The molecule has 0 aliphatic heterocycles. The molecule has 0 fully saturated rings. The molecular formula is C13H18O2. The van der Waals surface area contributed by atoms with Crippen molar-refractivity contribution in [2.24, 2.45) is 0 Å². The van der Waals surface area contributed by atoms with Gasteiger partial charge in [0.25, 0.3) is 0 Å². The average Bonchev–Trinajstić information content (AvgIpc) is 2.28. The van der Waals surface area contributed by atoms with Gasteiger partial charge in [0, 0.05) is 13.7 Å². The quantitative estimate of drug-likeness (QED) is 0.504. The van der Waals surface area contributed by atoms with Crippen molar-refractivity contribution in [1.29, 1.82) is 0 Å². The second kappa shape index (κ2) is 7.07. The first kappa shape index (κ1) is 11.8. The molecule has 0 unspecified atom stereocenters. The molecular weight excluding hydrogens is 188 g/mol. The Morgan fingerprint density at radius 1 is 1.27 bits per heavy atom. The van der Waals surface area contributed by atoms with Crippen LogP contribution < -0.4 is 4.74 Å². The van der Waals surface area contributed by atoms with Crippen LogP contribution in [0.4, 0.5) is 0 Å². The van der Waals surface area contributed by atoms with Gasteiger partial charge in [-0.1, -0.05) is 24.8 Å². The number of rotatable bonds is 7. The molecule has 1 rings (SSSR count). The first-order chi connectivity index (χ1) is 7.36. The molecule has 0 amide bonds. The molecule has 82 valence electrons. The van der Waals surface area contributed by atoms with Gasteiger partial charge in [0.05, 0.1) is 0 Å². The van der Waals surface area contributed by atoms with Crippen molar-refractivity contribution in [2.45, 2.75) is 12.8 Å². The van der Waals surface area contributed by atoms with Gasteiger partial charge in [-0.15, -0.1) is 0 Å². The molecule has 0 bridgehead atoms. The molecule has 1 aromatic carbocycles. The highest BCUT2D eigenvalue weighted by atomic mass is 16.5. The van der Waals surface area contributed by atoms with Crippen molar-refractivity contribution in [3.8, 4) is 5.75 Å². The summed E-state index contributed by atoms with van der Waals surface area (Å²) in [5, 5.41) is 0. The number of benzene rings is 1. The summed E-state index contributed by atoms with van der Waals surface area (Å²) in [6.45, 7) is 4.98. The second-order valence-electron chi connectivity index (χ2n) is 3.34. The van der Waals surface area contributed by atoms with E-state index in [0.717, 1.165) is 25.2 Å². The van der Waals surface area contributed by atoms with E-state index in [9.17, 15) is 0 Å². The normalized spacial score (nSPS) is 9.93. The first-order valence-electron chi connectivity index (χ1n) is 5.18. The van der Waals surface area contributed by atoms with Gasteiger partial charge in [0.15, 0.2) is 0 Å². The van der Waals surface area contributed by atoms with Gasteiger partial charge in [-0.3, -0.25) is 0 Å². The smallest absolute Gasteiger partial charge is 0.119 e. The van der Waals surface area contributed by atoms with E-state index in [-0.39, 0.29) is 0 Å². The molecule has 0 aliphatic rings. The van der Waals surface area contributed by atoms with Gasteiger partial charge >= 0.3 is 0 Å². The Hall–Kier alpha value is -1.28. The molecule has 0 N–H and O–H groups in total. The molecule has 2 nitrogen and oxygen atoms in total. The highest BCUT2D eigenvalue weighted by Gasteiger charge is 1.95. The van der Waals surface area contributed by atoms with Crippen LogP contribution in [0, 0.1) is 0 Å². The van der Waals surface area contributed by atoms with E-state index >= 15 is 0 Å². The Balaban J connectivity index is 2.38. The Morgan fingerprint density at radius 2 is 2.00 bits per heavy atom. The predicted molar refractivity (Wildman–Crippen MR) is 62.3 cm³/mol. The van der Waals surface area contributed by atoms with Crippen LogP contribution >= 0.6 is 0 Å². The van der Waals surface area contributed by atoms with Crippen molar-refractivity contribution in [2.75, 3.05) is 20.3 Å². The number of ether oxygens (including phenoxy) is 2. The molecule has 15 heavy (non-hydrogen) atoms. The van der Waals surface area contributed by atoms with E-state index in [4.69, 9.17) is 9.47 Å². The molecule has 0 aliphatic carbocycles. The van der Waals surface area contributed by atoms with Crippen LogP contribution in [0.5, 0.6) is 5.75 Å². The van der Waals surface area contributed by atoms with Crippen molar-refractivity contribution in [3.05, 3.63) is 42.5 Å². The summed E-state index contributed by atoms with van der Waals surface area (Å²) >= 11 is 0. The van der Waals surface area contributed by atoms with E-state index in [2.05, 4.69) is 18.7 Å². The second-order valence-corrected chi connectivity index (χ2v) is 3.34. The summed E-state index contributed by atoms with van der Waals surface area (Å²) in [5.41, 5.74) is 1.32. The van der Waals surface area contributed by atoms with Crippen LogP contribution in [0.1, 0.15) is 12.0 Å². The molecule has 0 spiro atoms. The molecule has 0 atom stereocenters. The minimum absolute atomic E-state index is 0.559. The third-order valence-electron chi connectivity index (χ3n) is 2.11. The Labute approximate surface area is 91.5 Å². The molecule has 0 radical (unpaired) electrons. The van der Waals surface area contributed by atoms with Gasteiger partial charge in [-0.05, 0) is 30.5 Å². The third-order valence-corrected chi connectivity index (χ3v) is 2.11. The molecule has 1 aromatic rings. The third kappa shape index (κ3) is 4.66. The maximum Gasteiger partial charge on any atom is 0.119 e. The largest absolute Gasteiger partial charge is 0.490 e. The average molecular weight is 206 g/mol. The molecule has 0 saturated heterocycles. The monoisotopic (exact) mass is 206 g/mol. The van der Waals surface area contributed by atoms with E-state index in [1.165, 1.54) is 5.56 Å². The summed E-state index contributed by atoms with van der Waals surface area (Å²) in [5.74, 6) is 0.894. The standard InChI is InChI=1S/C13H18O2/c1-3-10-15-13-8-6-12(7-9-13)5-4-11-14-2/h3,6-9H,1,4-5,10-11H2,2H3. The Kier molecular flexibility index (Phi) is 5.56. The lowest BCUT2D eigenvalue weighted by atomic mass is 10.1. The van der Waals surface area contributed by atoms with E-state index < -0.39 is 0 Å². The zero-order valence-corrected chi connectivity index (χ0v) is 9.24. The van der Waals surface area contributed by atoms with Crippen LogP contribution in [0.25, 0.3) is 0 Å². The van der Waals surface area contributed by atoms with E-state index in [0.29, 0.717) is 6.61 Å². The fraction of sp³-hybridized carbons (Fsp3) is 0.385. The van der Waals surface area contributed by atoms with Gasteiger partial charge in [0.1, 0.15) is 12.4 Å². The van der Waals surface area contributed by atoms with E-state index in [1.807, 2.05) is 12.1 Å². The lowest BCUT2D eigenvalue weighted by molar-refractivity contribution is 0.195. The Morgan fingerprint density at radius 3 is 2.60 bits per heavy atom. The van der Waals surface area contributed by atoms with Crippen LogP contribution in [-0.4, -0.2) is 20.3 Å². The minimum Gasteiger partial charge on any atom is -0.490 e. The van der Waals surface area contributed by atoms with Gasteiger partial charge in [-0.2, -0.15) is 0 Å². The number of hydrogen-bond acceptors (Lipinski definition) is 2. The summed E-state index contributed by atoms with van der Waals surface area (Å²) in [6, 6.07) is 8.17. The maximum atomic E-state index is 5.39. The topological polar surface area (TPSA) is 18.5 Å². The zero-order chi connectivity index (χ0) is 10.9. The van der Waals surface area contributed by atoms with Crippen LogP contribution in [0.2, 0.25) is 0 Å². The first-order valence-corrected chi connectivity index (χ1v) is 5.18. The Bertz CT molecular complexity index is 277. The van der Waals surface area contributed by atoms with Gasteiger partial charge in [-0.25, -0.2) is 0 Å². The number of hydrogen-bond donors (Lipinski definition) is 0. The lowest BCUT2D eigenvalue weighted by Gasteiger charge is -2.04. The summed E-state index contributed by atoms with van der Waals surface area (Å²) in [7, 11) is 1.73. The maximum absolute atomic E-state index is 5.39. The molecule has 0 aromatic heterocycles. The lowest BCUT2D eigenvalue weighted by Crippen LogP contribution is -1.94. The van der Waals surface area contributed by atoms with Crippen molar-refractivity contribution < 1.29 is 9.47 Å². The number of aryl methyl sites for hydroxylation is 1. The summed E-state index contributed by atoms with van der Waals surface area (Å²) in [6.07, 6.45) is 3.85. The predicted octanol–water partition coefficient (Wildman–Crippen LogP) is 2.83. The van der Waals surface area contributed by atoms with Crippen molar-refractivity contribution in [3.63, 3.8) is 0 Å². The highest BCUT2D eigenvalue weighted by molar-refractivity contribution is 5.27. The minimum atomic E-state index is 0.559. The van der Waals surface area contributed by atoms with Gasteiger partial charge < -0.3 is 9.47 Å². The van der Waals surface area contributed by atoms with Crippen molar-refractivity contribution in [1.82, 2.24) is 0 Å². The summed E-state index contributed by atoms with van der Waals surface area (Å²) < 4.78 is 10.4. The summed E-state index contributed by atoms with van der Waals surface area (Å²) in [4.78, 5) is 0. The van der Waals surface area contributed by atoms with E-state index in [1.54, 1.807) is 13.2 Å².